The number of aryl methyl sites for hydroxylation is 1. The molecule has 4 rings (SSSR count). The van der Waals surface area contributed by atoms with E-state index in [1.54, 1.807) is 4.68 Å². The maximum Gasteiger partial charge on any atom is 0.229 e. The van der Waals surface area contributed by atoms with E-state index in [0.717, 1.165) is 41.5 Å². The van der Waals surface area contributed by atoms with Crippen molar-refractivity contribution in [3.8, 4) is 11.3 Å². The van der Waals surface area contributed by atoms with E-state index >= 15 is 0 Å². The van der Waals surface area contributed by atoms with Crippen LogP contribution in [-0.2, 0) is 11.8 Å². The molecule has 2 N–H and O–H groups in total. The molecule has 1 atom stereocenters. The first-order valence-electron chi connectivity index (χ1n) is 8.35. The smallest absolute Gasteiger partial charge is 0.229 e. The zero-order valence-electron chi connectivity index (χ0n) is 13.9. The first-order chi connectivity index (χ1) is 12.2. The zero-order chi connectivity index (χ0) is 17.2. The number of rotatable bonds is 3. The number of aromatic nitrogens is 5. The number of amides is 1. The van der Waals surface area contributed by atoms with E-state index in [0.29, 0.717) is 12.4 Å². The molecule has 0 spiro atoms. The van der Waals surface area contributed by atoms with Crippen LogP contribution in [0.25, 0.3) is 22.2 Å². The van der Waals surface area contributed by atoms with Gasteiger partial charge in [0.1, 0.15) is 5.69 Å². The third-order valence-corrected chi connectivity index (χ3v) is 4.40. The maximum absolute atomic E-state index is 12.4. The summed E-state index contributed by atoms with van der Waals surface area (Å²) in [5, 5.41) is 23.4. The van der Waals surface area contributed by atoms with Crippen LogP contribution in [0.15, 0.2) is 30.5 Å². The SMILES string of the molecule is Cn1cc(-c2ccc3nnc(NC(=O)C4CCCNC4)cc3c2)nn1. The van der Waals surface area contributed by atoms with Gasteiger partial charge in [-0.2, -0.15) is 0 Å². The molecule has 2 aromatic heterocycles. The molecular weight excluding hydrogens is 318 g/mol. The van der Waals surface area contributed by atoms with Crippen LogP contribution in [0.3, 0.4) is 0 Å². The topological polar surface area (TPSA) is 97.6 Å². The van der Waals surface area contributed by atoms with Crippen molar-refractivity contribution < 1.29 is 4.79 Å². The van der Waals surface area contributed by atoms with Gasteiger partial charge in [0.2, 0.25) is 5.91 Å². The standard InChI is InChI=1S/C17H19N7O/c1-24-10-15(21-23-24)11-4-5-14-13(7-11)8-16(22-20-14)19-17(25)12-3-2-6-18-9-12/h4-5,7-8,10,12,18H,2-3,6,9H2,1H3,(H,19,22,25). The predicted molar refractivity (Wildman–Crippen MR) is 93.8 cm³/mol. The minimum absolute atomic E-state index is 0.00840. The number of anilines is 1. The Balaban J connectivity index is 1.59. The summed E-state index contributed by atoms with van der Waals surface area (Å²) in [5.41, 5.74) is 2.51. The van der Waals surface area contributed by atoms with Crippen molar-refractivity contribution in [2.75, 3.05) is 18.4 Å². The molecule has 128 valence electrons. The number of benzene rings is 1. The number of nitrogens with zero attached hydrogens (tertiary/aromatic N) is 5. The van der Waals surface area contributed by atoms with Gasteiger partial charge in [0.05, 0.1) is 17.6 Å². The fourth-order valence-electron chi connectivity index (χ4n) is 3.05. The van der Waals surface area contributed by atoms with E-state index in [2.05, 4.69) is 31.1 Å². The lowest BCUT2D eigenvalue weighted by Crippen LogP contribution is -2.37. The Kier molecular flexibility index (Phi) is 4.10. The second kappa shape index (κ2) is 6.56. The fraction of sp³-hybridized carbons (Fsp3) is 0.353. The van der Waals surface area contributed by atoms with Crippen molar-refractivity contribution in [3.05, 3.63) is 30.5 Å². The highest BCUT2D eigenvalue weighted by molar-refractivity contribution is 5.94. The monoisotopic (exact) mass is 337 g/mol. The molecule has 3 aromatic rings. The molecule has 0 radical (unpaired) electrons. The molecule has 8 heteroatoms. The summed E-state index contributed by atoms with van der Waals surface area (Å²) in [6.07, 6.45) is 3.77. The Morgan fingerprint density at radius 2 is 2.20 bits per heavy atom. The second-order valence-corrected chi connectivity index (χ2v) is 6.31. The number of carbonyl (C=O) groups excluding carboxylic acids is 1. The minimum atomic E-state index is -0.0165. The lowest BCUT2D eigenvalue weighted by molar-refractivity contribution is -0.120. The lowest BCUT2D eigenvalue weighted by atomic mass is 9.99. The third-order valence-electron chi connectivity index (χ3n) is 4.40. The Bertz CT molecular complexity index is 914. The number of piperidine rings is 1. The Labute approximate surface area is 144 Å². The number of hydrogen-bond donors (Lipinski definition) is 2. The average Bonchev–Trinajstić information content (AvgIpc) is 3.08. The van der Waals surface area contributed by atoms with Crippen molar-refractivity contribution in [1.29, 1.82) is 0 Å². The predicted octanol–water partition coefficient (Wildman–Crippen LogP) is 1.36. The van der Waals surface area contributed by atoms with Gasteiger partial charge >= 0.3 is 0 Å². The number of carbonyl (C=O) groups is 1. The molecule has 25 heavy (non-hydrogen) atoms. The van der Waals surface area contributed by atoms with Crippen LogP contribution >= 0.6 is 0 Å². The molecule has 0 bridgehead atoms. The van der Waals surface area contributed by atoms with Crippen LogP contribution in [0.5, 0.6) is 0 Å². The van der Waals surface area contributed by atoms with Crippen molar-refractivity contribution >= 4 is 22.6 Å². The van der Waals surface area contributed by atoms with Crippen molar-refractivity contribution in [1.82, 2.24) is 30.5 Å². The molecule has 1 fully saturated rings. The summed E-state index contributed by atoms with van der Waals surface area (Å²) in [4.78, 5) is 12.4. The second-order valence-electron chi connectivity index (χ2n) is 6.31. The zero-order valence-corrected chi connectivity index (χ0v) is 13.9. The van der Waals surface area contributed by atoms with Crippen LogP contribution in [0.4, 0.5) is 5.82 Å². The third kappa shape index (κ3) is 3.34. The molecule has 3 heterocycles. The van der Waals surface area contributed by atoms with E-state index in [9.17, 15) is 4.79 Å². The highest BCUT2D eigenvalue weighted by Gasteiger charge is 2.21. The average molecular weight is 337 g/mol. The van der Waals surface area contributed by atoms with Gasteiger partial charge in [-0.25, -0.2) is 0 Å². The van der Waals surface area contributed by atoms with Gasteiger partial charge in [-0.3, -0.25) is 9.48 Å². The van der Waals surface area contributed by atoms with E-state index in [4.69, 9.17) is 0 Å². The van der Waals surface area contributed by atoms with Gasteiger partial charge in [-0.1, -0.05) is 11.3 Å². The van der Waals surface area contributed by atoms with Crippen LogP contribution in [-0.4, -0.2) is 44.2 Å². The Morgan fingerprint density at radius 1 is 1.28 bits per heavy atom. The number of hydrogen-bond acceptors (Lipinski definition) is 6. The molecule has 0 aliphatic carbocycles. The minimum Gasteiger partial charge on any atom is -0.316 e. The van der Waals surface area contributed by atoms with Crippen LogP contribution < -0.4 is 10.6 Å². The lowest BCUT2D eigenvalue weighted by Gasteiger charge is -2.21. The normalized spacial score (nSPS) is 17.6. The summed E-state index contributed by atoms with van der Waals surface area (Å²) < 4.78 is 1.66. The highest BCUT2D eigenvalue weighted by atomic mass is 16.2. The summed E-state index contributed by atoms with van der Waals surface area (Å²) in [5.74, 6) is 0.447. The van der Waals surface area contributed by atoms with Gasteiger partial charge in [0, 0.05) is 24.5 Å². The van der Waals surface area contributed by atoms with Gasteiger partial charge in [-0.15, -0.1) is 15.3 Å². The summed E-state index contributed by atoms with van der Waals surface area (Å²) >= 11 is 0. The molecule has 0 saturated carbocycles. The van der Waals surface area contributed by atoms with Crippen LogP contribution in [0.2, 0.25) is 0 Å². The molecule has 1 unspecified atom stereocenters. The van der Waals surface area contributed by atoms with Gasteiger partial charge in [0.25, 0.3) is 0 Å². The van der Waals surface area contributed by atoms with E-state index in [1.165, 1.54) is 0 Å². The first kappa shape index (κ1) is 15.6. The summed E-state index contributed by atoms with van der Waals surface area (Å²) in [6, 6.07) is 7.65. The fourth-order valence-corrected chi connectivity index (χ4v) is 3.05. The van der Waals surface area contributed by atoms with Crippen molar-refractivity contribution in [2.24, 2.45) is 13.0 Å². The quantitative estimate of drug-likeness (QED) is 0.749. The summed E-state index contributed by atoms with van der Waals surface area (Å²) in [7, 11) is 1.83. The molecular formula is C17H19N7O. The van der Waals surface area contributed by atoms with Crippen LogP contribution in [0.1, 0.15) is 12.8 Å². The first-order valence-corrected chi connectivity index (χ1v) is 8.35. The maximum atomic E-state index is 12.4. The number of fused-ring (bicyclic) bond motifs is 1. The Hall–Kier alpha value is -2.87. The summed E-state index contributed by atoms with van der Waals surface area (Å²) in [6.45, 7) is 1.69. The number of nitrogens with one attached hydrogen (secondary N) is 2. The largest absolute Gasteiger partial charge is 0.316 e. The van der Waals surface area contributed by atoms with E-state index in [-0.39, 0.29) is 11.8 Å². The van der Waals surface area contributed by atoms with Crippen molar-refractivity contribution in [3.63, 3.8) is 0 Å². The van der Waals surface area contributed by atoms with Crippen molar-refractivity contribution in [2.45, 2.75) is 12.8 Å². The van der Waals surface area contributed by atoms with Crippen LogP contribution in [0, 0.1) is 5.92 Å². The highest BCUT2D eigenvalue weighted by Crippen LogP contribution is 2.23. The Morgan fingerprint density at radius 3 is 2.96 bits per heavy atom. The molecule has 1 amide bonds. The molecule has 1 aliphatic heterocycles. The van der Waals surface area contributed by atoms with Gasteiger partial charge < -0.3 is 10.6 Å². The molecule has 1 saturated heterocycles. The van der Waals surface area contributed by atoms with E-state index in [1.807, 2.05) is 37.5 Å². The molecule has 8 nitrogen and oxygen atoms in total. The molecule has 1 aromatic carbocycles. The molecule has 1 aliphatic rings. The van der Waals surface area contributed by atoms with E-state index < -0.39 is 0 Å². The van der Waals surface area contributed by atoms with Gasteiger partial charge in [0.15, 0.2) is 5.82 Å². The van der Waals surface area contributed by atoms with Gasteiger partial charge in [-0.05, 0) is 37.6 Å².